The molecule has 0 aliphatic rings. The first kappa shape index (κ1) is 16.9. The van der Waals surface area contributed by atoms with Crippen LogP contribution in [0.15, 0.2) is 59.5 Å². The maximum absolute atomic E-state index is 13.2. The molecular weight excluding hydrogens is 373 g/mol. The van der Waals surface area contributed by atoms with E-state index in [-0.39, 0.29) is 11.4 Å². The topological polar surface area (TPSA) is 39.3 Å². The molecule has 5 aromatic rings. The van der Waals surface area contributed by atoms with Gasteiger partial charge in [0.15, 0.2) is 4.96 Å². The maximum atomic E-state index is 13.2. The zero-order chi connectivity index (χ0) is 19.4. The molecule has 0 bridgehead atoms. The molecule has 5 rings (SSSR count). The first-order valence-electron chi connectivity index (χ1n) is 8.88. The Labute approximate surface area is 163 Å². The van der Waals surface area contributed by atoms with E-state index >= 15 is 0 Å². The molecule has 0 aliphatic carbocycles. The number of thiazole rings is 1. The van der Waals surface area contributed by atoms with Gasteiger partial charge < -0.3 is 4.57 Å². The van der Waals surface area contributed by atoms with Crippen LogP contribution in [0.25, 0.3) is 27.8 Å². The van der Waals surface area contributed by atoms with Crippen molar-refractivity contribution in [2.45, 2.75) is 13.8 Å². The fraction of sp³-hybridized carbons (Fsp3) is 0.0909. The van der Waals surface area contributed by atoms with Gasteiger partial charge in [-0.15, -0.1) is 0 Å². The molecule has 0 aliphatic heterocycles. The Balaban J connectivity index is 1.71. The first-order chi connectivity index (χ1) is 13.5. The number of aromatic nitrogens is 3. The Bertz CT molecular complexity index is 1460. The number of imidazole rings is 1. The predicted molar refractivity (Wildman–Crippen MR) is 111 cm³/mol. The quantitative estimate of drug-likeness (QED) is 0.458. The SMILES string of the molecule is Cc1cc2nc3s/c(=C\c4cccn4-c4ccc(F)cc4)c(=O)n3c2cc1C. The lowest BCUT2D eigenvalue weighted by atomic mass is 10.1. The summed E-state index contributed by atoms with van der Waals surface area (Å²) < 4.78 is 17.4. The Morgan fingerprint density at radius 1 is 1.07 bits per heavy atom. The molecule has 6 heteroatoms. The van der Waals surface area contributed by atoms with E-state index in [2.05, 4.69) is 4.98 Å². The summed E-state index contributed by atoms with van der Waals surface area (Å²) in [4.78, 5) is 18.4. The van der Waals surface area contributed by atoms with Gasteiger partial charge in [-0.05, 0) is 79.6 Å². The van der Waals surface area contributed by atoms with Crippen LogP contribution in [0, 0.1) is 19.7 Å². The van der Waals surface area contributed by atoms with Crippen LogP contribution in [0.5, 0.6) is 0 Å². The molecule has 0 saturated heterocycles. The summed E-state index contributed by atoms with van der Waals surface area (Å²) >= 11 is 1.38. The predicted octanol–water partition coefficient (Wildman–Crippen LogP) is 4.00. The van der Waals surface area contributed by atoms with E-state index in [1.54, 1.807) is 16.5 Å². The lowest BCUT2D eigenvalue weighted by molar-refractivity contribution is 0.627. The van der Waals surface area contributed by atoms with Crippen LogP contribution in [0.4, 0.5) is 4.39 Å². The number of hydrogen-bond acceptors (Lipinski definition) is 3. The summed E-state index contributed by atoms with van der Waals surface area (Å²) in [7, 11) is 0. The third-order valence-electron chi connectivity index (χ3n) is 5.02. The molecule has 0 amide bonds. The molecule has 28 heavy (non-hydrogen) atoms. The van der Waals surface area contributed by atoms with E-state index < -0.39 is 0 Å². The van der Waals surface area contributed by atoms with Crippen molar-refractivity contribution in [3.8, 4) is 5.69 Å². The van der Waals surface area contributed by atoms with Crippen LogP contribution in [0.1, 0.15) is 16.8 Å². The van der Waals surface area contributed by atoms with Gasteiger partial charge in [-0.2, -0.15) is 0 Å². The highest BCUT2D eigenvalue weighted by Gasteiger charge is 2.13. The van der Waals surface area contributed by atoms with Crippen molar-refractivity contribution in [2.24, 2.45) is 0 Å². The zero-order valence-electron chi connectivity index (χ0n) is 15.3. The molecule has 3 aromatic heterocycles. The second-order valence-corrected chi connectivity index (χ2v) is 7.86. The lowest BCUT2D eigenvalue weighted by Gasteiger charge is -2.05. The number of halogens is 1. The second kappa shape index (κ2) is 6.14. The summed E-state index contributed by atoms with van der Waals surface area (Å²) in [5, 5.41) is 0. The Morgan fingerprint density at radius 2 is 1.82 bits per heavy atom. The highest BCUT2D eigenvalue weighted by atomic mass is 32.1. The molecule has 0 saturated carbocycles. The largest absolute Gasteiger partial charge is 0.317 e. The van der Waals surface area contributed by atoms with E-state index in [1.165, 1.54) is 23.5 Å². The second-order valence-electron chi connectivity index (χ2n) is 6.85. The Hall–Kier alpha value is -3.25. The molecule has 0 unspecified atom stereocenters. The van der Waals surface area contributed by atoms with Crippen LogP contribution in [0.2, 0.25) is 0 Å². The molecule has 2 aromatic carbocycles. The molecular formula is C22H16FN3OS. The first-order valence-corrected chi connectivity index (χ1v) is 9.70. The molecule has 138 valence electrons. The van der Waals surface area contributed by atoms with Gasteiger partial charge in [0, 0.05) is 17.6 Å². The highest BCUT2D eigenvalue weighted by Crippen LogP contribution is 2.21. The van der Waals surface area contributed by atoms with Gasteiger partial charge in [-0.1, -0.05) is 11.3 Å². The standard InChI is InChI=1S/C22H16FN3OS/c1-13-10-18-19(11-14(13)2)26-21(27)20(28-22(26)24-18)12-17-4-3-9-25(17)16-7-5-15(23)6-8-16/h3-12H,1-2H3/b20-12-. The number of aryl methyl sites for hydroxylation is 2. The zero-order valence-corrected chi connectivity index (χ0v) is 16.1. The van der Waals surface area contributed by atoms with E-state index in [1.807, 2.05) is 55.0 Å². The molecule has 3 heterocycles. The molecule has 0 N–H and O–H groups in total. The van der Waals surface area contributed by atoms with E-state index in [9.17, 15) is 9.18 Å². The fourth-order valence-corrected chi connectivity index (χ4v) is 4.37. The monoisotopic (exact) mass is 389 g/mol. The Morgan fingerprint density at radius 3 is 2.61 bits per heavy atom. The van der Waals surface area contributed by atoms with Crippen LogP contribution >= 0.6 is 11.3 Å². The molecule has 0 fully saturated rings. The summed E-state index contributed by atoms with van der Waals surface area (Å²) in [6, 6.07) is 14.1. The van der Waals surface area contributed by atoms with Gasteiger partial charge in [0.05, 0.1) is 15.6 Å². The number of hydrogen-bond donors (Lipinski definition) is 0. The van der Waals surface area contributed by atoms with Crippen molar-refractivity contribution in [2.75, 3.05) is 0 Å². The van der Waals surface area contributed by atoms with Gasteiger partial charge in [0.25, 0.3) is 5.56 Å². The van der Waals surface area contributed by atoms with Crippen LogP contribution < -0.4 is 10.1 Å². The third kappa shape index (κ3) is 2.57. The van der Waals surface area contributed by atoms with Gasteiger partial charge in [-0.3, -0.25) is 4.79 Å². The maximum Gasteiger partial charge on any atom is 0.275 e. The molecule has 4 nitrogen and oxygen atoms in total. The summed E-state index contributed by atoms with van der Waals surface area (Å²) in [5.41, 5.74) is 5.59. The average molecular weight is 389 g/mol. The van der Waals surface area contributed by atoms with E-state index in [0.717, 1.165) is 33.5 Å². The fourth-order valence-electron chi connectivity index (χ4n) is 3.40. The van der Waals surface area contributed by atoms with Crippen molar-refractivity contribution in [1.82, 2.24) is 14.0 Å². The third-order valence-corrected chi connectivity index (χ3v) is 5.99. The lowest BCUT2D eigenvalue weighted by Crippen LogP contribution is -2.23. The van der Waals surface area contributed by atoms with Gasteiger partial charge in [0.1, 0.15) is 5.82 Å². The summed E-state index contributed by atoms with van der Waals surface area (Å²) in [6.07, 6.45) is 3.75. The molecule has 0 atom stereocenters. The normalized spacial score (nSPS) is 12.5. The smallest absolute Gasteiger partial charge is 0.275 e. The number of nitrogens with zero attached hydrogens (tertiary/aromatic N) is 3. The minimum absolute atomic E-state index is 0.0717. The van der Waals surface area contributed by atoms with Crippen LogP contribution in [0.3, 0.4) is 0 Å². The van der Waals surface area contributed by atoms with Crippen molar-refractivity contribution in [3.63, 3.8) is 0 Å². The minimum Gasteiger partial charge on any atom is -0.317 e. The minimum atomic E-state index is -0.278. The van der Waals surface area contributed by atoms with Crippen molar-refractivity contribution in [1.29, 1.82) is 0 Å². The van der Waals surface area contributed by atoms with Crippen molar-refractivity contribution < 1.29 is 4.39 Å². The highest BCUT2D eigenvalue weighted by molar-refractivity contribution is 7.15. The van der Waals surface area contributed by atoms with Crippen molar-refractivity contribution >= 4 is 33.4 Å². The number of rotatable bonds is 2. The van der Waals surface area contributed by atoms with Crippen LogP contribution in [-0.2, 0) is 0 Å². The average Bonchev–Trinajstić information content (AvgIpc) is 3.33. The Kier molecular flexibility index (Phi) is 3.70. The molecule has 0 radical (unpaired) electrons. The number of benzene rings is 2. The number of fused-ring (bicyclic) bond motifs is 3. The van der Waals surface area contributed by atoms with E-state index in [4.69, 9.17) is 0 Å². The van der Waals surface area contributed by atoms with E-state index in [0.29, 0.717) is 9.49 Å². The van der Waals surface area contributed by atoms with Gasteiger partial charge in [0.2, 0.25) is 0 Å². The molecule has 0 spiro atoms. The summed E-state index contributed by atoms with van der Waals surface area (Å²) in [5.74, 6) is -0.278. The van der Waals surface area contributed by atoms with Crippen molar-refractivity contribution in [3.05, 3.63) is 92.3 Å². The summed E-state index contributed by atoms with van der Waals surface area (Å²) in [6.45, 7) is 4.08. The van der Waals surface area contributed by atoms with Crippen LogP contribution in [-0.4, -0.2) is 14.0 Å². The van der Waals surface area contributed by atoms with Gasteiger partial charge >= 0.3 is 0 Å². The van der Waals surface area contributed by atoms with Gasteiger partial charge in [-0.25, -0.2) is 13.8 Å².